The van der Waals surface area contributed by atoms with Crippen LogP contribution in [0.4, 0.5) is 0 Å². The number of hydrogen-bond donors (Lipinski definition) is 1. The Balaban J connectivity index is 1.59. The Hall–Kier alpha value is -0.120. The summed E-state index contributed by atoms with van der Waals surface area (Å²) in [4.78, 5) is 2.54. The zero-order valence-corrected chi connectivity index (χ0v) is 11.5. The summed E-state index contributed by atoms with van der Waals surface area (Å²) < 4.78 is 5.46. The molecule has 1 saturated heterocycles. The molecule has 0 amide bonds. The van der Waals surface area contributed by atoms with Crippen LogP contribution in [-0.2, 0) is 4.74 Å². The standard InChI is InChI=1S/C14H28N2O/c1-12-3-5-14(6-4-12)15-7-8-16-9-10-17-11-13(16)2/h12-15H,3-11H2,1-2H3. The third kappa shape index (κ3) is 4.23. The molecule has 3 nitrogen and oxygen atoms in total. The van der Waals surface area contributed by atoms with Crippen molar-refractivity contribution in [2.24, 2.45) is 5.92 Å². The van der Waals surface area contributed by atoms with Crippen molar-refractivity contribution in [3.8, 4) is 0 Å². The molecule has 1 N–H and O–H groups in total. The molecule has 0 spiro atoms. The van der Waals surface area contributed by atoms with Crippen LogP contribution in [0.15, 0.2) is 0 Å². The molecule has 1 aliphatic heterocycles. The summed E-state index contributed by atoms with van der Waals surface area (Å²) in [6, 6.07) is 1.37. The predicted molar refractivity (Wildman–Crippen MR) is 71.3 cm³/mol. The van der Waals surface area contributed by atoms with E-state index in [1.165, 1.54) is 32.2 Å². The van der Waals surface area contributed by atoms with Gasteiger partial charge >= 0.3 is 0 Å². The van der Waals surface area contributed by atoms with Crippen molar-refractivity contribution < 1.29 is 4.74 Å². The van der Waals surface area contributed by atoms with Crippen molar-refractivity contribution in [3.05, 3.63) is 0 Å². The Kier molecular flexibility index (Phi) is 5.26. The molecule has 100 valence electrons. The highest BCUT2D eigenvalue weighted by atomic mass is 16.5. The molecule has 2 aliphatic rings. The summed E-state index contributed by atoms with van der Waals surface area (Å²) in [5, 5.41) is 3.73. The Morgan fingerprint density at radius 2 is 1.94 bits per heavy atom. The lowest BCUT2D eigenvalue weighted by Crippen LogP contribution is -2.47. The topological polar surface area (TPSA) is 24.5 Å². The summed E-state index contributed by atoms with van der Waals surface area (Å²) >= 11 is 0. The number of nitrogens with one attached hydrogen (secondary N) is 1. The fourth-order valence-corrected chi connectivity index (χ4v) is 2.97. The first-order valence-corrected chi connectivity index (χ1v) is 7.31. The molecule has 3 heteroatoms. The van der Waals surface area contributed by atoms with Crippen molar-refractivity contribution in [2.75, 3.05) is 32.8 Å². The van der Waals surface area contributed by atoms with E-state index in [4.69, 9.17) is 4.74 Å². The SMILES string of the molecule is CC1CCC(NCCN2CCOCC2C)CC1. The lowest BCUT2D eigenvalue weighted by molar-refractivity contribution is 0.00000421. The maximum atomic E-state index is 5.46. The molecule has 1 unspecified atom stereocenters. The van der Waals surface area contributed by atoms with E-state index in [0.717, 1.165) is 38.3 Å². The van der Waals surface area contributed by atoms with E-state index in [1.807, 2.05) is 0 Å². The Bertz CT molecular complexity index is 214. The maximum absolute atomic E-state index is 5.46. The molecule has 0 radical (unpaired) electrons. The fraction of sp³-hybridized carbons (Fsp3) is 1.00. The van der Waals surface area contributed by atoms with Crippen molar-refractivity contribution in [1.29, 1.82) is 0 Å². The molecule has 0 aromatic rings. The zero-order valence-electron chi connectivity index (χ0n) is 11.5. The van der Waals surface area contributed by atoms with Crippen molar-refractivity contribution >= 4 is 0 Å². The van der Waals surface area contributed by atoms with E-state index >= 15 is 0 Å². The van der Waals surface area contributed by atoms with Crippen LogP contribution >= 0.6 is 0 Å². The van der Waals surface area contributed by atoms with Crippen LogP contribution < -0.4 is 5.32 Å². The van der Waals surface area contributed by atoms with E-state index < -0.39 is 0 Å². The van der Waals surface area contributed by atoms with Crippen LogP contribution in [0.2, 0.25) is 0 Å². The van der Waals surface area contributed by atoms with Crippen molar-refractivity contribution in [3.63, 3.8) is 0 Å². The average molecular weight is 240 g/mol. The molecule has 17 heavy (non-hydrogen) atoms. The van der Waals surface area contributed by atoms with Gasteiger partial charge in [0.25, 0.3) is 0 Å². The number of nitrogens with zero attached hydrogens (tertiary/aromatic N) is 1. The number of rotatable bonds is 4. The highest BCUT2D eigenvalue weighted by Crippen LogP contribution is 2.23. The molecule has 2 fully saturated rings. The molecular formula is C14H28N2O. The average Bonchev–Trinajstić information content (AvgIpc) is 2.34. The van der Waals surface area contributed by atoms with Gasteiger partial charge in [0.2, 0.25) is 0 Å². The maximum Gasteiger partial charge on any atom is 0.0619 e. The molecule has 1 heterocycles. The Labute approximate surface area is 106 Å². The van der Waals surface area contributed by atoms with Crippen LogP contribution in [-0.4, -0.2) is 49.8 Å². The Morgan fingerprint density at radius 1 is 1.18 bits per heavy atom. The van der Waals surface area contributed by atoms with Crippen molar-refractivity contribution in [2.45, 2.75) is 51.6 Å². The normalized spacial score (nSPS) is 36.0. The van der Waals surface area contributed by atoms with Gasteiger partial charge in [-0.05, 0) is 38.5 Å². The number of ether oxygens (including phenoxy) is 1. The van der Waals surface area contributed by atoms with Crippen LogP contribution in [0.3, 0.4) is 0 Å². The minimum atomic E-state index is 0.594. The molecule has 1 saturated carbocycles. The van der Waals surface area contributed by atoms with Gasteiger partial charge in [-0.2, -0.15) is 0 Å². The molecule has 1 atom stereocenters. The molecule has 0 aromatic carbocycles. The van der Waals surface area contributed by atoms with Gasteiger partial charge in [0.05, 0.1) is 13.2 Å². The minimum absolute atomic E-state index is 0.594. The lowest BCUT2D eigenvalue weighted by atomic mass is 9.87. The molecular weight excluding hydrogens is 212 g/mol. The van der Waals surface area contributed by atoms with Crippen molar-refractivity contribution in [1.82, 2.24) is 10.2 Å². The second kappa shape index (κ2) is 6.72. The van der Waals surface area contributed by atoms with Gasteiger partial charge in [0, 0.05) is 31.7 Å². The van der Waals surface area contributed by atoms with Gasteiger partial charge in [0.1, 0.15) is 0 Å². The first-order valence-electron chi connectivity index (χ1n) is 7.31. The van der Waals surface area contributed by atoms with Gasteiger partial charge in [-0.3, -0.25) is 4.90 Å². The van der Waals surface area contributed by atoms with Gasteiger partial charge in [-0.15, -0.1) is 0 Å². The van der Waals surface area contributed by atoms with Crippen LogP contribution in [0.5, 0.6) is 0 Å². The molecule has 2 rings (SSSR count). The summed E-state index contributed by atoms with van der Waals surface area (Å²) in [7, 11) is 0. The zero-order chi connectivity index (χ0) is 12.1. The largest absolute Gasteiger partial charge is 0.379 e. The highest BCUT2D eigenvalue weighted by Gasteiger charge is 2.20. The van der Waals surface area contributed by atoms with Crippen LogP contribution in [0, 0.1) is 5.92 Å². The first-order chi connectivity index (χ1) is 8.25. The Morgan fingerprint density at radius 3 is 2.65 bits per heavy atom. The predicted octanol–water partition coefficient (Wildman–Crippen LogP) is 1.88. The summed E-state index contributed by atoms with van der Waals surface area (Å²) in [5.74, 6) is 0.951. The van der Waals surface area contributed by atoms with Crippen LogP contribution in [0.25, 0.3) is 0 Å². The second-order valence-electron chi connectivity index (χ2n) is 5.87. The van der Waals surface area contributed by atoms with E-state index in [1.54, 1.807) is 0 Å². The van der Waals surface area contributed by atoms with Gasteiger partial charge in [-0.25, -0.2) is 0 Å². The number of morpholine rings is 1. The summed E-state index contributed by atoms with van der Waals surface area (Å²) in [5.41, 5.74) is 0. The van der Waals surface area contributed by atoms with E-state index in [2.05, 4.69) is 24.1 Å². The van der Waals surface area contributed by atoms with Gasteiger partial charge in [-0.1, -0.05) is 6.92 Å². The number of hydrogen-bond acceptors (Lipinski definition) is 3. The minimum Gasteiger partial charge on any atom is -0.379 e. The molecule has 0 bridgehead atoms. The summed E-state index contributed by atoms with van der Waals surface area (Å²) in [6.45, 7) is 9.88. The van der Waals surface area contributed by atoms with Crippen LogP contribution in [0.1, 0.15) is 39.5 Å². The van der Waals surface area contributed by atoms with Gasteiger partial charge < -0.3 is 10.1 Å². The first kappa shape index (κ1) is 13.3. The van der Waals surface area contributed by atoms with Gasteiger partial charge in [0.15, 0.2) is 0 Å². The lowest BCUT2D eigenvalue weighted by Gasteiger charge is -2.34. The van der Waals surface area contributed by atoms with E-state index in [0.29, 0.717) is 6.04 Å². The molecule has 1 aliphatic carbocycles. The smallest absolute Gasteiger partial charge is 0.0619 e. The summed E-state index contributed by atoms with van der Waals surface area (Å²) in [6.07, 6.45) is 5.57. The third-order valence-electron chi connectivity index (χ3n) is 4.35. The third-order valence-corrected chi connectivity index (χ3v) is 4.35. The quantitative estimate of drug-likeness (QED) is 0.812. The highest BCUT2D eigenvalue weighted by molar-refractivity contribution is 4.77. The van der Waals surface area contributed by atoms with E-state index in [-0.39, 0.29) is 0 Å². The molecule has 0 aromatic heterocycles. The van der Waals surface area contributed by atoms with E-state index in [9.17, 15) is 0 Å². The monoisotopic (exact) mass is 240 g/mol. The second-order valence-corrected chi connectivity index (χ2v) is 5.87. The fourth-order valence-electron chi connectivity index (χ4n) is 2.97.